The summed E-state index contributed by atoms with van der Waals surface area (Å²) in [5.41, 5.74) is 1.35. The van der Waals surface area contributed by atoms with E-state index in [1.807, 2.05) is 0 Å². The van der Waals surface area contributed by atoms with Crippen LogP contribution in [0.2, 0.25) is 5.02 Å². The van der Waals surface area contributed by atoms with Crippen LogP contribution in [-0.2, 0) is 6.54 Å². The van der Waals surface area contributed by atoms with Gasteiger partial charge in [-0.2, -0.15) is 13.2 Å². The molecule has 1 rings (SSSR count). The molecule has 0 atom stereocenters. The molecule has 0 saturated carbocycles. The molecule has 0 aliphatic heterocycles. The van der Waals surface area contributed by atoms with Crippen molar-refractivity contribution in [2.75, 3.05) is 25.0 Å². The Bertz CT molecular complexity index is 393. The molecule has 0 fully saturated rings. The lowest BCUT2D eigenvalue weighted by Crippen LogP contribution is -2.34. The molecule has 1 aromatic rings. The van der Waals surface area contributed by atoms with E-state index < -0.39 is 12.7 Å². The Morgan fingerprint density at radius 2 is 2.00 bits per heavy atom. The lowest BCUT2D eigenvalue weighted by Gasteiger charge is -2.25. The first-order chi connectivity index (χ1) is 8.37. The normalized spacial score (nSPS) is 11.7. The minimum absolute atomic E-state index is 0.279. The maximum atomic E-state index is 12.4. The smallest absolute Gasteiger partial charge is 0.363 e. The monoisotopic (exact) mass is 280 g/mol. The van der Waals surface area contributed by atoms with Crippen LogP contribution in [0.25, 0.3) is 0 Å². The third-order valence-electron chi connectivity index (χ3n) is 2.52. The van der Waals surface area contributed by atoms with Crippen molar-refractivity contribution in [2.24, 2.45) is 0 Å². The quantitative estimate of drug-likeness (QED) is 0.889. The molecule has 0 bridgehead atoms. The van der Waals surface area contributed by atoms with Gasteiger partial charge in [-0.15, -0.1) is 0 Å². The van der Waals surface area contributed by atoms with Crippen LogP contribution in [-0.4, -0.2) is 26.3 Å². The van der Waals surface area contributed by atoms with Gasteiger partial charge in [-0.1, -0.05) is 17.7 Å². The van der Waals surface area contributed by atoms with Gasteiger partial charge in [-0.25, -0.2) is 0 Å². The standard InChI is InChI=1S/C12H16ClF3N2/c1-3-18(8-12(14,15)16)10-5-4-9(7-17-2)11(13)6-10/h4-6,17H,3,7-8H2,1-2H3. The Morgan fingerprint density at radius 1 is 1.33 bits per heavy atom. The number of hydrogen-bond donors (Lipinski definition) is 1. The summed E-state index contributed by atoms with van der Waals surface area (Å²) in [5, 5.41) is 3.42. The fourth-order valence-corrected chi connectivity index (χ4v) is 1.91. The Kier molecular flexibility index (Phi) is 5.28. The van der Waals surface area contributed by atoms with E-state index in [0.717, 1.165) is 5.56 Å². The third kappa shape index (κ3) is 4.38. The minimum Gasteiger partial charge on any atom is -0.363 e. The van der Waals surface area contributed by atoms with Crippen LogP contribution in [0.3, 0.4) is 0 Å². The van der Waals surface area contributed by atoms with Gasteiger partial charge in [0.15, 0.2) is 0 Å². The number of hydrogen-bond acceptors (Lipinski definition) is 2. The topological polar surface area (TPSA) is 15.3 Å². The van der Waals surface area contributed by atoms with Crippen LogP contribution < -0.4 is 10.2 Å². The van der Waals surface area contributed by atoms with E-state index in [9.17, 15) is 13.2 Å². The van der Waals surface area contributed by atoms with Crippen molar-refractivity contribution in [2.45, 2.75) is 19.6 Å². The summed E-state index contributed by atoms with van der Waals surface area (Å²) in [5.74, 6) is 0. The summed E-state index contributed by atoms with van der Waals surface area (Å²) in [6, 6.07) is 4.98. The van der Waals surface area contributed by atoms with Gasteiger partial charge >= 0.3 is 6.18 Å². The highest BCUT2D eigenvalue weighted by Crippen LogP contribution is 2.26. The number of rotatable bonds is 5. The first-order valence-corrected chi connectivity index (χ1v) is 6.00. The molecule has 102 valence electrons. The molecule has 0 amide bonds. The zero-order chi connectivity index (χ0) is 13.8. The summed E-state index contributed by atoms with van der Waals surface area (Å²) < 4.78 is 37.2. The van der Waals surface area contributed by atoms with Gasteiger partial charge in [0, 0.05) is 23.8 Å². The summed E-state index contributed by atoms with van der Waals surface area (Å²) in [7, 11) is 1.78. The van der Waals surface area contributed by atoms with Crippen LogP contribution >= 0.6 is 11.6 Å². The molecular formula is C12H16ClF3N2. The number of anilines is 1. The van der Waals surface area contributed by atoms with Crippen LogP contribution in [0.15, 0.2) is 18.2 Å². The van der Waals surface area contributed by atoms with Gasteiger partial charge in [-0.3, -0.25) is 0 Å². The second-order valence-corrected chi connectivity index (χ2v) is 4.34. The van der Waals surface area contributed by atoms with E-state index in [2.05, 4.69) is 5.32 Å². The number of halogens is 4. The highest BCUT2D eigenvalue weighted by Gasteiger charge is 2.30. The number of nitrogens with one attached hydrogen (secondary N) is 1. The zero-order valence-corrected chi connectivity index (χ0v) is 11.1. The van der Waals surface area contributed by atoms with Crippen molar-refractivity contribution in [3.05, 3.63) is 28.8 Å². The predicted molar refractivity (Wildman–Crippen MR) is 68.2 cm³/mol. The van der Waals surface area contributed by atoms with Gasteiger partial charge in [-0.05, 0) is 31.7 Å². The Morgan fingerprint density at radius 3 is 2.44 bits per heavy atom. The van der Waals surface area contributed by atoms with Crippen LogP contribution in [0.4, 0.5) is 18.9 Å². The molecule has 0 saturated heterocycles. The molecule has 0 spiro atoms. The SMILES string of the molecule is CCN(CC(F)(F)F)c1ccc(CNC)c(Cl)c1. The van der Waals surface area contributed by atoms with Gasteiger partial charge in [0.25, 0.3) is 0 Å². The first-order valence-electron chi connectivity index (χ1n) is 5.62. The molecule has 1 aromatic carbocycles. The van der Waals surface area contributed by atoms with E-state index >= 15 is 0 Å². The van der Waals surface area contributed by atoms with Crippen LogP contribution in [0, 0.1) is 0 Å². The highest BCUT2D eigenvalue weighted by molar-refractivity contribution is 6.31. The maximum absolute atomic E-state index is 12.4. The zero-order valence-electron chi connectivity index (χ0n) is 10.3. The lowest BCUT2D eigenvalue weighted by molar-refractivity contribution is -0.119. The fraction of sp³-hybridized carbons (Fsp3) is 0.500. The van der Waals surface area contributed by atoms with E-state index in [0.29, 0.717) is 17.3 Å². The molecular weight excluding hydrogens is 265 g/mol. The minimum atomic E-state index is -4.22. The molecule has 0 heterocycles. The number of alkyl halides is 3. The lowest BCUT2D eigenvalue weighted by atomic mass is 10.2. The average Bonchev–Trinajstić information content (AvgIpc) is 2.28. The summed E-state index contributed by atoms with van der Waals surface area (Å²) in [4.78, 5) is 1.25. The second-order valence-electron chi connectivity index (χ2n) is 3.94. The molecule has 0 aliphatic rings. The van der Waals surface area contributed by atoms with E-state index in [-0.39, 0.29) is 6.54 Å². The van der Waals surface area contributed by atoms with Crippen molar-refractivity contribution in [1.29, 1.82) is 0 Å². The Hall–Kier alpha value is -0.940. The van der Waals surface area contributed by atoms with Crippen LogP contribution in [0.1, 0.15) is 12.5 Å². The number of nitrogens with zero attached hydrogens (tertiary/aromatic N) is 1. The highest BCUT2D eigenvalue weighted by atomic mass is 35.5. The molecule has 2 nitrogen and oxygen atoms in total. The molecule has 6 heteroatoms. The average molecular weight is 281 g/mol. The Balaban J connectivity index is 2.90. The summed E-state index contributed by atoms with van der Waals surface area (Å²) in [6.45, 7) is 1.58. The van der Waals surface area contributed by atoms with Crippen molar-refractivity contribution in [3.63, 3.8) is 0 Å². The van der Waals surface area contributed by atoms with Crippen molar-refractivity contribution >= 4 is 17.3 Å². The molecule has 1 N–H and O–H groups in total. The summed E-state index contributed by atoms with van der Waals surface area (Å²) >= 11 is 6.03. The van der Waals surface area contributed by atoms with Crippen molar-refractivity contribution in [1.82, 2.24) is 5.32 Å². The van der Waals surface area contributed by atoms with Crippen molar-refractivity contribution in [3.8, 4) is 0 Å². The molecule has 0 unspecified atom stereocenters. The largest absolute Gasteiger partial charge is 0.405 e. The van der Waals surface area contributed by atoms with Crippen molar-refractivity contribution < 1.29 is 13.2 Å². The summed E-state index contributed by atoms with van der Waals surface area (Å²) in [6.07, 6.45) is -4.22. The number of benzene rings is 1. The van der Waals surface area contributed by atoms with Gasteiger partial charge in [0.05, 0.1) is 0 Å². The van der Waals surface area contributed by atoms with Crippen LogP contribution in [0.5, 0.6) is 0 Å². The van der Waals surface area contributed by atoms with E-state index in [4.69, 9.17) is 11.6 Å². The first kappa shape index (κ1) is 15.1. The molecule has 0 aromatic heterocycles. The fourth-order valence-electron chi connectivity index (χ4n) is 1.67. The third-order valence-corrected chi connectivity index (χ3v) is 2.87. The maximum Gasteiger partial charge on any atom is 0.405 e. The predicted octanol–water partition coefficient (Wildman–Crippen LogP) is 3.45. The molecule has 18 heavy (non-hydrogen) atoms. The molecule has 0 aliphatic carbocycles. The van der Waals surface area contributed by atoms with E-state index in [1.165, 1.54) is 4.90 Å². The molecule has 0 radical (unpaired) electrons. The second kappa shape index (κ2) is 6.29. The van der Waals surface area contributed by atoms with Gasteiger partial charge in [0.2, 0.25) is 0 Å². The Labute approximate surface area is 110 Å². The van der Waals surface area contributed by atoms with Gasteiger partial charge in [0.1, 0.15) is 6.54 Å². The van der Waals surface area contributed by atoms with Gasteiger partial charge < -0.3 is 10.2 Å². The van der Waals surface area contributed by atoms with E-state index in [1.54, 1.807) is 32.2 Å².